The van der Waals surface area contributed by atoms with Gasteiger partial charge in [-0.3, -0.25) is 0 Å². The second-order valence-corrected chi connectivity index (χ2v) is 4.93. The molecule has 0 saturated heterocycles. The van der Waals surface area contributed by atoms with Gasteiger partial charge in [0, 0.05) is 25.2 Å². The third-order valence-corrected chi connectivity index (χ3v) is 3.81. The van der Waals surface area contributed by atoms with E-state index in [-0.39, 0.29) is 6.04 Å². The fraction of sp³-hybridized carbons (Fsp3) is 0.538. The topological polar surface area (TPSA) is 56.7 Å². The molecule has 2 aromatic heterocycles. The molecule has 1 aliphatic carbocycles. The lowest BCUT2D eigenvalue weighted by molar-refractivity contribution is 0.368. The van der Waals surface area contributed by atoms with Gasteiger partial charge in [0.25, 0.3) is 0 Å². The van der Waals surface area contributed by atoms with Crippen LogP contribution < -0.4 is 5.73 Å². The zero-order valence-corrected chi connectivity index (χ0v) is 10.1. The SMILES string of the molecule is Cn1c(C2CCCCC2N)nc2cccnc21. The number of aryl methyl sites for hydroxylation is 1. The Kier molecular flexibility index (Phi) is 2.59. The highest BCUT2D eigenvalue weighted by Gasteiger charge is 2.27. The van der Waals surface area contributed by atoms with Crippen LogP contribution in [-0.4, -0.2) is 20.6 Å². The third-order valence-electron chi connectivity index (χ3n) is 3.81. The Balaban J connectivity index is 2.07. The predicted molar refractivity (Wildman–Crippen MR) is 67.7 cm³/mol. The van der Waals surface area contributed by atoms with Crippen molar-refractivity contribution in [1.29, 1.82) is 0 Å². The first-order valence-electron chi connectivity index (χ1n) is 6.30. The van der Waals surface area contributed by atoms with Crippen LogP contribution in [0.15, 0.2) is 18.3 Å². The number of nitrogens with two attached hydrogens (primary N) is 1. The third kappa shape index (κ3) is 1.72. The van der Waals surface area contributed by atoms with Crippen LogP contribution in [0.4, 0.5) is 0 Å². The Morgan fingerprint density at radius 1 is 1.35 bits per heavy atom. The Bertz CT molecular complexity index is 531. The molecule has 2 N–H and O–H groups in total. The summed E-state index contributed by atoms with van der Waals surface area (Å²) in [5.74, 6) is 1.49. The molecule has 0 bridgehead atoms. The van der Waals surface area contributed by atoms with Gasteiger partial charge in [0.2, 0.25) is 0 Å². The lowest BCUT2D eigenvalue weighted by Crippen LogP contribution is -2.32. The highest BCUT2D eigenvalue weighted by Crippen LogP contribution is 2.32. The quantitative estimate of drug-likeness (QED) is 0.814. The number of imidazole rings is 1. The van der Waals surface area contributed by atoms with Crippen molar-refractivity contribution in [3.63, 3.8) is 0 Å². The second-order valence-electron chi connectivity index (χ2n) is 4.93. The number of nitrogens with zero attached hydrogens (tertiary/aromatic N) is 3. The Labute approximate surface area is 101 Å². The van der Waals surface area contributed by atoms with Crippen LogP contribution in [0.5, 0.6) is 0 Å². The second kappa shape index (κ2) is 4.11. The first-order valence-corrected chi connectivity index (χ1v) is 6.30. The van der Waals surface area contributed by atoms with Crippen LogP contribution in [-0.2, 0) is 7.05 Å². The monoisotopic (exact) mass is 230 g/mol. The summed E-state index contributed by atoms with van der Waals surface area (Å²) in [5, 5.41) is 0. The van der Waals surface area contributed by atoms with Crippen LogP contribution in [0.3, 0.4) is 0 Å². The van der Waals surface area contributed by atoms with Crippen molar-refractivity contribution >= 4 is 11.2 Å². The number of hydrogen-bond acceptors (Lipinski definition) is 3. The van der Waals surface area contributed by atoms with Crippen molar-refractivity contribution in [2.75, 3.05) is 0 Å². The minimum Gasteiger partial charge on any atom is -0.327 e. The van der Waals surface area contributed by atoms with Crippen molar-refractivity contribution in [3.8, 4) is 0 Å². The van der Waals surface area contributed by atoms with Gasteiger partial charge in [-0.05, 0) is 25.0 Å². The van der Waals surface area contributed by atoms with E-state index in [1.165, 1.54) is 12.8 Å². The first kappa shape index (κ1) is 10.7. The maximum absolute atomic E-state index is 6.23. The van der Waals surface area contributed by atoms with E-state index in [1.807, 2.05) is 25.4 Å². The molecule has 4 nitrogen and oxygen atoms in total. The fourth-order valence-electron chi connectivity index (χ4n) is 2.85. The predicted octanol–water partition coefficient (Wildman–Crippen LogP) is 1.95. The molecule has 0 aliphatic heterocycles. The van der Waals surface area contributed by atoms with E-state index in [4.69, 9.17) is 10.7 Å². The smallest absolute Gasteiger partial charge is 0.159 e. The summed E-state index contributed by atoms with van der Waals surface area (Å²) in [6, 6.07) is 4.19. The molecule has 3 rings (SSSR count). The minimum absolute atomic E-state index is 0.249. The highest BCUT2D eigenvalue weighted by molar-refractivity contribution is 5.71. The Morgan fingerprint density at radius 3 is 2.94 bits per heavy atom. The van der Waals surface area contributed by atoms with E-state index in [1.54, 1.807) is 0 Å². The molecule has 1 fully saturated rings. The van der Waals surface area contributed by atoms with Gasteiger partial charge in [-0.2, -0.15) is 0 Å². The number of fused-ring (bicyclic) bond motifs is 1. The fourth-order valence-corrected chi connectivity index (χ4v) is 2.85. The summed E-state index contributed by atoms with van der Waals surface area (Å²) in [7, 11) is 2.04. The number of hydrogen-bond donors (Lipinski definition) is 1. The molecule has 2 unspecified atom stereocenters. The molecule has 4 heteroatoms. The van der Waals surface area contributed by atoms with Crippen molar-refractivity contribution in [1.82, 2.24) is 14.5 Å². The van der Waals surface area contributed by atoms with E-state index in [0.29, 0.717) is 5.92 Å². The molecular weight excluding hydrogens is 212 g/mol. The van der Waals surface area contributed by atoms with Gasteiger partial charge in [0.1, 0.15) is 11.3 Å². The van der Waals surface area contributed by atoms with E-state index in [0.717, 1.165) is 29.8 Å². The van der Waals surface area contributed by atoms with Gasteiger partial charge < -0.3 is 10.3 Å². The van der Waals surface area contributed by atoms with Crippen molar-refractivity contribution < 1.29 is 0 Å². The van der Waals surface area contributed by atoms with Gasteiger partial charge in [-0.25, -0.2) is 9.97 Å². The van der Waals surface area contributed by atoms with Gasteiger partial charge in [-0.1, -0.05) is 12.8 Å². The average molecular weight is 230 g/mol. The largest absolute Gasteiger partial charge is 0.327 e. The summed E-state index contributed by atoms with van der Waals surface area (Å²) >= 11 is 0. The molecule has 0 amide bonds. The Morgan fingerprint density at radius 2 is 2.18 bits per heavy atom. The molecule has 2 heterocycles. The first-order chi connectivity index (χ1) is 8.27. The van der Waals surface area contributed by atoms with Crippen LogP contribution in [0.25, 0.3) is 11.2 Å². The van der Waals surface area contributed by atoms with Crippen molar-refractivity contribution in [2.24, 2.45) is 12.8 Å². The molecule has 0 aromatic carbocycles. The van der Waals surface area contributed by atoms with E-state index >= 15 is 0 Å². The molecule has 90 valence electrons. The maximum atomic E-state index is 6.23. The summed E-state index contributed by atoms with van der Waals surface area (Å²) in [6.45, 7) is 0. The lowest BCUT2D eigenvalue weighted by Gasteiger charge is -2.27. The molecule has 0 spiro atoms. The molecule has 1 aliphatic rings. The highest BCUT2D eigenvalue weighted by atomic mass is 15.1. The summed E-state index contributed by atoms with van der Waals surface area (Å²) in [6.07, 6.45) is 6.59. The van der Waals surface area contributed by atoms with E-state index in [2.05, 4.69) is 9.55 Å². The Hall–Kier alpha value is -1.42. The zero-order valence-electron chi connectivity index (χ0n) is 10.1. The van der Waals surface area contributed by atoms with E-state index < -0.39 is 0 Å². The normalized spacial score (nSPS) is 25.3. The van der Waals surface area contributed by atoms with Gasteiger partial charge in [0.05, 0.1) is 0 Å². The molecule has 2 aromatic rings. The van der Waals surface area contributed by atoms with Crippen LogP contribution in [0.2, 0.25) is 0 Å². The molecule has 0 radical (unpaired) electrons. The standard InChI is InChI=1S/C13H18N4/c1-17-12(9-5-2-3-6-10(9)14)16-11-7-4-8-15-13(11)17/h4,7-10H,2-3,5-6,14H2,1H3. The average Bonchev–Trinajstić information content (AvgIpc) is 2.68. The number of pyridine rings is 1. The number of rotatable bonds is 1. The molecule has 2 atom stereocenters. The summed E-state index contributed by atoms with van der Waals surface area (Å²) in [5.41, 5.74) is 8.16. The minimum atomic E-state index is 0.249. The van der Waals surface area contributed by atoms with Gasteiger partial charge >= 0.3 is 0 Å². The summed E-state index contributed by atoms with van der Waals surface area (Å²) in [4.78, 5) is 9.09. The summed E-state index contributed by atoms with van der Waals surface area (Å²) < 4.78 is 2.10. The maximum Gasteiger partial charge on any atom is 0.159 e. The van der Waals surface area contributed by atoms with E-state index in [9.17, 15) is 0 Å². The van der Waals surface area contributed by atoms with Crippen LogP contribution in [0, 0.1) is 0 Å². The van der Waals surface area contributed by atoms with Crippen molar-refractivity contribution in [3.05, 3.63) is 24.2 Å². The van der Waals surface area contributed by atoms with Crippen LogP contribution >= 0.6 is 0 Å². The van der Waals surface area contributed by atoms with Crippen molar-refractivity contribution in [2.45, 2.75) is 37.6 Å². The van der Waals surface area contributed by atoms with Gasteiger partial charge in [-0.15, -0.1) is 0 Å². The lowest BCUT2D eigenvalue weighted by atomic mass is 9.84. The zero-order chi connectivity index (χ0) is 11.8. The van der Waals surface area contributed by atoms with Crippen LogP contribution in [0.1, 0.15) is 37.4 Å². The molecule has 17 heavy (non-hydrogen) atoms. The van der Waals surface area contributed by atoms with Gasteiger partial charge in [0.15, 0.2) is 5.65 Å². The number of aromatic nitrogens is 3. The molecular formula is C13H18N4. The molecule has 1 saturated carbocycles.